The summed E-state index contributed by atoms with van der Waals surface area (Å²) in [4.78, 5) is 12.3. The molecular formula is C19H21FN2O. The second-order valence-electron chi connectivity index (χ2n) is 6.22. The van der Waals surface area contributed by atoms with Crippen LogP contribution in [-0.4, -0.2) is 12.5 Å². The molecule has 1 aliphatic carbocycles. The minimum atomic E-state index is -0.229. The topological polar surface area (TPSA) is 55.1 Å². The molecule has 4 heteroatoms. The maximum Gasteiger partial charge on any atom is 0.251 e. The van der Waals surface area contributed by atoms with Crippen LogP contribution in [0.2, 0.25) is 0 Å². The molecule has 0 saturated heterocycles. The van der Waals surface area contributed by atoms with E-state index in [0.29, 0.717) is 18.7 Å². The number of nitrogens with one attached hydrogen (secondary N) is 1. The summed E-state index contributed by atoms with van der Waals surface area (Å²) in [7, 11) is 0. The number of benzene rings is 2. The summed E-state index contributed by atoms with van der Waals surface area (Å²) in [6, 6.07) is 14.0. The van der Waals surface area contributed by atoms with Gasteiger partial charge < -0.3 is 11.1 Å². The summed E-state index contributed by atoms with van der Waals surface area (Å²) in [5.41, 5.74) is 8.25. The molecule has 0 atom stereocenters. The summed E-state index contributed by atoms with van der Waals surface area (Å²) >= 11 is 0. The Bertz CT molecular complexity index is 676. The molecule has 0 aromatic heterocycles. The third-order valence-corrected chi connectivity index (χ3v) is 4.81. The molecule has 0 bridgehead atoms. The van der Waals surface area contributed by atoms with Gasteiger partial charge in [-0.1, -0.05) is 30.7 Å². The van der Waals surface area contributed by atoms with E-state index in [4.69, 9.17) is 5.73 Å². The van der Waals surface area contributed by atoms with E-state index in [2.05, 4.69) is 5.32 Å². The number of carbonyl (C=O) groups is 1. The maximum absolute atomic E-state index is 13.1. The summed E-state index contributed by atoms with van der Waals surface area (Å²) in [5, 5.41) is 3.03. The van der Waals surface area contributed by atoms with Crippen LogP contribution >= 0.6 is 0 Å². The average molecular weight is 312 g/mol. The first-order chi connectivity index (χ1) is 11.1. The molecule has 2 aromatic rings. The van der Waals surface area contributed by atoms with Crippen LogP contribution in [0.3, 0.4) is 0 Å². The number of rotatable bonds is 5. The SMILES string of the molecule is NCc1ccc(C(=O)NCC2(c3ccc(F)cc3)CCC2)cc1. The molecule has 1 fully saturated rings. The van der Waals surface area contributed by atoms with E-state index in [-0.39, 0.29) is 17.1 Å². The number of hydrogen-bond donors (Lipinski definition) is 2. The van der Waals surface area contributed by atoms with Crippen LogP contribution < -0.4 is 11.1 Å². The first-order valence-electron chi connectivity index (χ1n) is 7.96. The lowest BCUT2D eigenvalue weighted by Crippen LogP contribution is -2.45. The normalized spacial score (nSPS) is 15.7. The van der Waals surface area contributed by atoms with Crippen molar-refractivity contribution in [2.24, 2.45) is 5.73 Å². The van der Waals surface area contributed by atoms with Crippen molar-refractivity contribution in [3.63, 3.8) is 0 Å². The van der Waals surface area contributed by atoms with Gasteiger partial charge >= 0.3 is 0 Å². The highest BCUT2D eigenvalue weighted by molar-refractivity contribution is 5.94. The Morgan fingerprint density at radius 2 is 1.74 bits per heavy atom. The maximum atomic E-state index is 13.1. The second-order valence-corrected chi connectivity index (χ2v) is 6.22. The summed E-state index contributed by atoms with van der Waals surface area (Å²) in [5.74, 6) is -0.311. The predicted octanol–water partition coefficient (Wildman–Crippen LogP) is 3.14. The van der Waals surface area contributed by atoms with E-state index in [1.165, 1.54) is 12.1 Å². The van der Waals surface area contributed by atoms with E-state index >= 15 is 0 Å². The fourth-order valence-corrected chi connectivity index (χ4v) is 3.12. The van der Waals surface area contributed by atoms with Gasteiger partial charge in [0.15, 0.2) is 0 Å². The van der Waals surface area contributed by atoms with Crippen molar-refractivity contribution in [3.8, 4) is 0 Å². The van der Waals surface area contributed by atoms with Gasteiger partial charge in [-0.15, -0.1) is 0 Å². The van der Waals surface area contributed by atoms with Gasteiger partial charge in [0.2, 0.25) is 0 Å². The molecule has 23 heavy (non-hydrogen) atoms. The van der Waals surface area contributed by atoms with Crippen LogP contribution in [0, 0.1) is 5.82 Å². The number of halogens is 1. The minimum Gasteiger partial charge on any atom is -0.351 e. The quantitative estimate of drug-likeness (QED) is 0.891. The van der Waals surface area contributed by atoms with Crippen molar-refractivity contribution < 1.29 is 9.18 Å². The zero-order valence-electron chi connectivity index (χ0n) is 13.0. The smallest absolute Gasteiger partial charge is 0.251 e. The molecule has 3 N–H and O–H groups in total. The van der Waals surface area contributed by atoms with Gasteiger partial charge in [0.1, 0.15) is 5.82 Å². The standard InChI is InChI=1S/C19H21FN2O/c20-17-8-6-16(7-9-17)19(10-1-11-19)13-22-18(23)15-4-2-14(12-21)3-5-15/h2-9H,1,10-13,21H2,(H,22,23). The lowest BCUT2D eigenvalue weighted by Gasteiger charge is -2.42. The first-order valence-corrected chi connectivity index (χ1v) is 7.96. The lowest BCUT2D eigenvalue weighted by atomic mass is 9.64. The van der Waals surface area contributed by atoms with Gasteiger partial charge in [0.05, 0.1) is 0 Å². The van der Waals surface area contributed by atoms with Crippen LogP contribution in [0.5, 0.6) is 0 Å². The lowest BCUT2D eigenvalue weighted by molar-refractivity contribution is 0.0928. The van der Waals surface area contributed by atoms with Crippen molar-refractivity contribution in [1.82, 2.24) is 5.32 Å². The second kappa shape index (κ2) is 6.50. The summed E-state index contributed by atoms with van der Waals surface area (Å²) in [6.45, 7) is 1.05. The molecule has 0 heterocycles. The van der Waals surface area contributed by atoms with E-state index in [9.17, 15) is 9.18 Å². The molecular weight excluding hydrogens is 291 g/mol. The highest BCUT2D eigenvalue weighted by Gasteiger charge is 2.38. The van der Waals surface area contributed by atoms with Gasteiger partial charge in [-0.3, -0.25) is 4.79 Å². The number of hydrogen-bond acceptors (Lipinski definition) is 2. The van der Waals surface area contributed by atoms with Crippen LogP contribution in [-0.2, 0) is 12.0 Å². The zero-order chi connectivity index (χ0) is 16.3. The molecule has 3 rings (SSSR count). The van der Waals surface area contributed by atoms with Gasteiger partial charge in [-0.2, -0.15) is 0 Å². The van der Waals surface area contributed by atoms with Crippen LogP contribution in [0.15, 0.2) is 48.5 Å². The third kappa shape index (κ3) is 3.27. The van der Waals surface area contributed by atoms with Crippen molar-refractivity contribution in [1.29, 1.82) is 0 Å². The largest absolute Gasteiger partial charge is 0.351 e. The van der Waals surface area contributed by atoms with Crippen molar-refractivity contribution in [3.05, 3.63) is 71.0 Å². The van der Waals surface area contributed by atoms with Crippen LogP contribution in [0.25, 0.3) is 0 Å². The Morgan fingerprint density at radius 3 is 2.26 bits per heavy atom. The number of carbonyl (C=O) groups excluding carboxylic acids is 1. The van der Waals surface area contributed by atoms with Gasteiger partial charge in [-0.25, -0.2) is 4.39 Å². The van der Waals surface area contributed by atoms with Gasteiger partial charge in [-0.05, 0) is 48.2 Å². The molecule has 0 spiro atoms. The Kier molecular flexibility index (Phi) is 4.44. The Labute approximate surface area is 135 Å². The molecule has 120 valence electrons. The average Bonchev–Trinajstić information content (AvgIpc) is 2.55. The predicted molar refractivity (Wildman–Crippen MR) is 88.6 cm³/mol. The first kappa shape index (κ1) is 15.7. The van der Waals surface area contributed by atoms with Crippen LogP contribution in [0.1, 0.15) is 40.7 Å². The molecule has 1 saturated carbocycles. The van der Waals surface area contributed by atoms with E-state index < -0.39 is 0 Å². The van der Waals surface area contributed by atoms with Gasteiger partial charge in [0, 0.05) is 24.1 Å². The Hall–Kier alpha value is -2.20. The fourth-order valence-electron chi connectivity index (χ4n) is 3.12. The molecule has 0 aliphatic heterocycles. The monoisotopic (exact) mass is 312 g/mol. The van der Waals surface area contributed by atoms with E-state index in [1.54, 1.807) is 12.1 Å². The number of amides is 1. The summed E-state index contributed by atoms with van der Waals surface area (Å²) in [6.07, 6.45) is 3.18. The van der Waals surface area contributed by atoms with E-state index in [0.717, 1.165) is 30.4 Å². The Balaban J connectivity index is 1.67. The zero-order valence-corrected chi connectivity index (χ0v) is 13.0. The van der Waals surface area contributed by atoms with E-state index in [1.807, 2.05) is 24.3 Å². The highest BCUT2D eigenvalue weighted by Crippen LogP contribution is 2.43. The van der Waals surface area contributed by atoms with Crippen molar-refractivity contribution >= 4 is 5.91 Å². The molecule has 1 amide bonds. The molecule has 1 aliphatic rings. The Morgan fingerprint density at radius 1 is 1.09 bits per heavy atom. The number of nitrogens with two attached hydrogens (primary N) is 1. The fraction of sp³-hybridized carbons (Fsp3) is 0.316. The summed E-state index contributed by atoms with van der Waals surface area (Å²) < 4.78 is 13.1. The minimum absolute atomic E-state index is 0.0550. The molecule has 2 aromatic carbocycles. The van der Waals surface area contributed by atoms with Crippen LogP contribution in [0.4, 0.5) is 4.39 Å². The highest BCUT2D eigenvalue weighted by atomic mass is 19.1. The van der Waals surface area contributed by atoms with Crippen molar-refractivity contribution in [2.75, 3.05) is 6.54 Å². The van der Waals surface area contributed by atoms with Crippen molar-refractivity contribution in [2.45, 2.75) is 31.2 Å². The molecule has 3 nitrogen and oxygen atoms in total. The molecule has 0 radical (unpaired) electrons. The third-order valence-electron chi connectivity index (χ3n) is 4.81. The molecule has 0 unspecified atom stereocenters. The van der Waals surface area contributed by atoms with Gasteiger partial charge in [0.25, 0.3) is 5.91 Å².